The van der Waals surface area contributed by atoms with Crippen LogP contribution in [0, 0.1) is 6.92 Å². The van der Waals surface area contributed by atoms with E-state index in [0.29, 0.717) is 16.9 Å². The van der Waals surface area contributed by atoms with Crippen molar-refractivity contribution in [3.8, 4) is 5.75 Å². The zero-order valence-electron chi connectivity index (χ0n) is 19.3. The number of hydrogen-bond acceptors (Lipinski definition) is 9. The largest absolute Gasteiger partial charge is 0.486 e. The minimum Gasteiger partial charge on any atom is -0.486 e. The molecule has 0 unspecified atom stereocenters. The maximum Gasteiger partial charge on any atom is 0.351 e. The number of anilines is 1. The lowest BCUT2D eigenvalue weighted by atomic mass is 9.88. The summed E-state index contributed by atoms with van der Waals surface area (Å²) in [5.74, 6) is -1.05. The number of nitrogens with zero attached hydrogens (tertiary/aromatic N) is 2. The average Bonchev–Trinajstić information content (AvgIpc) is 3.16. The first kappa shape index (κ1) is 25.2. The molecule has 1 fully saturated rings. The highest BCUT2D eigenvalue weighted by atomic mass is 16.6. The molecule has 0 saturated carbocycles. The van der Waals surface area contributed by atoms with Crippen LogP contribution in [0.25, 0.3) is 0 Å². The van der Waals surface area contributed by atoms with Crippen LogP contribution in [0.3, 0.4) is 0 Å². The van der Waals surface area contributed by atoms with Crippen LogP contribution in [0.1, 0.15) is 22.1 Å². The Morgan fingerprint density at radius 2 is 1.78 bits per heavy atom. The number of ketones is 1. The number of amides is 1. The lowest BCUT2D eigenvalue weighted by molar-refractivity contribution is -0.156. The Kier molecular flexibility index (Phi) is 7.27. The van der Waals surface area contributed by atoms with E-state index < -0.39 is 54.6 Å². The molecule has 2 heterocycles. The first-order valence-corrected chi connectivity index (χ1v) is 11.1. The summed E-state index contributed by atoms with van der Waals surface area (Å²) in [5, 5.41) is 34.3. The fourth-order valence-corrected chi connectivity index (χ4v) is 3.92. The second-order valence-electron chi connectivity index (χ2n) is 8.28. The van der Waals surface area contributed by atoms with Crippen molar-refractivity contribution < 1.29 is 34.4 Å². The molecule has 11 heteroatoms. The molecule has 1 amide bonds. The van der Waals surface area contributed by atoms with Gasteiger partial charge in [0.1, 0.15) is 30.4 Å². The molecule has 0 radical (unpaired) electrons. The number of aryl methyl sites for hydroxylation is 1. The van der Waals surface area contributed by atoms with Crippen LogP contribution >= 0.6 is 0 Å². The molecule has 3 aromatic rings. The summed E-state index contributed by atoms with van der Waals surface area (Å²) in [7, 11) is 0. The Morgan fingerprint density at radius 3 is 2.42 bits per heavy atom. The number of aliphatic hydroxyl groups excluding tert-OH is 2. The van der Waals surface area contributed by atoms with Gasteiger partial charge in [0.2, 0.25) is 5.78 Å². The molecule has 36 heavy (non-hydrogen) atoms. The Bertz CT molecular complexity index is 1300. The van der Waals surface area contributed by atoms with Gasteiger partial charge in [-0.05, 0) is 31.2 Å². The monoisotopic (exact) mass is 495 g/mol. The number of nitrogens with one attached hydrogen (secondary N) is 1. The zero-order valence-corrected chi connectivity index (χ0v) is 19.3. The van der Waals surface area contributed by atoms with Crippen LogP contribution in [-0.4, -0.2) is 67.6 Å². The topological polar surface area (TPSA) is 160 Å². The van der Waals surface area contributed by atoms with Gasteiger partial charge in [0.05, 0.1) is 6.61 Å². The lowest BCUT2D eigenvalue weighted by Crippen LogP contribution is -2.57. The van der Waals surface area contributed by atoms with Crippen LogP contribution in [0.15, 0.2) is 71.7 Å². The number of para-hydroxylation sites is 1. The van der Waals surface area contributed by atoms with Gasteiger partial charge in [-0.2, -0.15) is 4.98 Å². The van der Waals surface area contributed by atoms with Gasteiger partial charge in [-0.25, -0.2) is 4.79 Å². The standard InChI is InChI=1S/C25H25N3O8/c1-15-12-28(24(33)27-21(15)26-22(32)16-8-4-2-5-9-16)23-20(31)25(34,19(13-29)36-23)18(30)14-35-17-10-6-3-7-11-17/h2-12,19-20,23,29,31,34H,13-14H2,1H3,(H,26,27,32,33)/t19-,20+,23-,25-/m1/s1. The van der Waals surface area contributed by atoms with E-state index in [1.807, 2.05) is 0 Å². The molecule has 1 aliphatic rings. The highest BCUT2D eigenvalue weighted by molar-refractivity contribution is 6.04. The van der Waals surface area contributed by atoms with E-state index in [1.165, 1.54) is 6.20 Å². The molecule has 0 bridgehead atoms. The first-order valence-electron chi connectivity index (χ1n) is 11.1. The Morgan fingerprint density at radius 1 is 1.14 bits per heavy atom. The van der Waals surface area contributed by atoms with Gasteiger partial charge in [0.15, 0.2) is 11.8 Å². The van der Waals surface area contributed by atoms with Gasteiger partial charge < -0.3 is 30.1 Å². The summed E-state index contributed by atoms with van der Waals surface area (Å²) < 4.78 is 11.8. The highest BCUT2D eigenvalue weighted by Crippen LogP contribution is 2.37. The minimum absolute atomic E-state index is 0.00102. The number of hydrogen-bond donors (Lipinski definition) is 4. The van der Waals surface area contributed by atoms with Gasteiger partial charge in [0, 0.05) is 17.3 Å². The predicted molar refractivity (Wildman–Crippen MR) is 127 cm³/mol. The molecule has 4 N–H and O–H groups in total. The van der Waals surface area contributed by atoms with E-state index in [2.05, 4.69) is 10.3 Å². The van der Waals surface area contributed by atoms with Crippen LogP contribution in [0.2, 0.25) is 0 Å². The number of aliphatic hydroxyl groups is 3. The summed E-state index contributed by atoms with van der Waals surface area (Å²) >= 11 is 0. The fraction of sp³-hybridized carbons (Fsp3) is 0.280. The van der Waals surface area contributed by atoms with Crippen molar-refractivity contribution >= 4 is 17.5 Å². The smallest absolute Gasteiger partial charge is 0.351 e. The van der Waals surface area contributed by atoms with Crippen molar-refractivity contribution in [3.05, 3.63) is 88.5 Å². The molecule has 188 valence electrons. The number of carbonyl (C=O) groups is 2. The third-order valence-corrected chi connectivity index (χ3v) is 5.92. The molecular formula is C25H25N3O8. The van der Waals surface area contributed by atoms with Crippen LogP contribution in [-0.2, 0) is 9.53 Å². The van der Waals surface area contributed by atoms with Gasteiger partial charge in [0.25, 0.3) is 5.91 Å². The number of Topliss-reactive ketones (excluding diaryl/α,β-unsaturated/α-hetero) is 1. The molecule has 1 saturated heterocycles. The van der Waals surface area contributed by atoms with Gasteiger partial charge in [-0.3, -0.25) is 14.2 Å². The van der Waals surface area contributed by atoms with Gasteiger partial charge in [-0.15, -0.1) is 0 Å². The summed E-state index contributed by atoms with van der Waals surface area (Å²) in [5.41, 5.74) is -2.75. The van der Waals surface area contributed by atoms with Crippen molar-refractivity contribution in [2.75, 3.05) is 18.5 Å². The van der Waals surface area contributed by atoms with Gasteiger partial charge in [-0.1, -0.05) is 36.4 Å². The molecule has 0 aliphatic carbocycles. The van der Waals surface area contributed by atoms with Crippen molar-refractivity contribution in [1.29, 1.82) is 0 Å². The number of carbonyl (C=O) groups excluding carboxylic acids is 2. The van der Waals surface area contributed by atoms with Gasteiger partial charge >= 0.3 is 5.69 Å². The zero-order chi connectivity index (χ0) is 25.9. The second-order valence-corrected chi connectivity index (χ2v) is 8.28. The van der Waals surface area contributed by atoms with E-state index in [1.54, 1.807) is 67.6 Å². The molecule has 0 spiro atoms. The fourth-order valence-electron chi connectivity index (χ4n) is 3.92. The minimum atomic E-state index is -2.55. The maximum absolute atomic E-state index is 12.9. The van der Waals surface area contributed by atoms with Crippen LogP contribution < -0.4 is 15.7 Å². The summed E-state index contributed by atoms with van der Waals surface area (Å²) in [6.07, 6.45) is -3.72. The van der Waals surface area contributed by atoms with E-state index in [0.717, 1.165) is 4.57 Å². The third kappa shape index (κ3) is 4.77. The normalized spacial score (nSPS) is 23.3. The van der Waals surface area contributed by atoms with Crippen molar-refractivity contribution in [3.63, 3.8) is 0 Å². The van der Waals surface area contributed by atoms with Crippen molar-refractivity contribution in [2.45, 2.75) is 31.0 Å². The van der Waals surface area contributed by atoms with Crippen LogP contribution in [0.4, 0.5) is 5.82 Å². The molecule has 1 aliphatic heterocycles. The SMILES string of the molecule is Cc1cn([C@@H]2O[C@H](CO)[C@](O)(C(=O)COc3ccccc3)[C@H]2O)c(=O)nc1NC(=O)c1ccccc1. The number of rotatable bonds is 8. The second kappa shape index (κ2) is 10.4. The van der Waals surface area contributed by atoms with Crippen molar-refractivity contribution in [1.82, 2.24) is 9.55 Å². The molecule has 2 aromatic carbocycles. The van der Waals surface area contributed by atoms with Crippen LogP contribution in [0.5, 0.6) is 5.75 Å². The highest BCUT2D eigenvalue weighted by Gasteiger charge is 2.60. The molecule has 4 atom stereocenters. The Hall–Kier alpha value is -3.90. The van der Waals surface area contributed by atoms with E-state index in [-0.39, 0.29) is 5.82 Å². The molecule has 1 aromatic heterocycles. The molecule has 4 rings (SSSR count). The summed E-state index contributed by atoms with van der Waals surface area (Å²) in [6.45, 7) is 0.147. The molecular weight excluding hydrogens is 470 g/mol. The lowest BCUT2D eigenvalue weighted by Gasteiger charge is -2.28. The number of ether oxygens (including phenoxy) is 2. The first-order chi connectivity index (χ1) is 17.3. The summed E-state index contributed by atoms with van der Waals surface area (Å²) in [6, 6.07) is 16.7. The predicted octanol–water partition coefficient (Wildman–Crippen LogP) is 0.434. The number of benzene rings is 2. The Labute approximate surface area is 205 Å². The average molecular weight is 495 g/mol. The van der Waals surface area contributed by atoms with Crippen molar-refractivity contribution in [2.24, 2.45) is 0 Å². The molecule has 11 nitrogen and oxygen atoms in total. The quantitative estimate of drug-likeness (QED) is 0.347. The van der Waals surface area contributed by atoms with E-state index in [9.17, 15) is 29.7 Å². The van der Waals surface area contributed by atoms with E-state index in [4.69, 9.17) is 9.47 Å². The van der Waals surface area contributed by atoms with E-state index >= 15 is 0 Å². The summed E-state index contributed by atoms with van der Waals surface area (Å²) in [4.78, 5) is 42.0. The number of aromatic nitrogens is 2. The third-order valence-electron chi connectivity index (χ3n) is 5.92. The maximum atomic E-state index is 12.9. The Balaban J connectivity index is 1.55.